The van der Waals surface area contributed by atoms with Crippen LogP contribution in [0.1, 0.15) is 30.3 Å². The van der Waals surface area contributed by atoms with Gasteiger partial charge in [0.15, 0.2) is 5.69 Å². The van der Waals surface area contributed by atoms with E-state index in [-0.39, 0.29) is 18.2 Å². The molecule has 0 spiro atoms. The SMILES string of the molecule is CC(CCC(=O)O)CNC(=O)c1cnsn1. The highest BCUT2D eigenvalue weighted by atomic mass is 32.1. The minimum atomic E-state index is -0.818. The molecule has 1 amide bonds. The fourth-order valence-corrected chi connectivity index (χ4v) is 1.51. The van der Waals surface area contributed by atoms with Gasteiger partial charge in [-0.3, -0.25) is 9.59 Å². The number of aliphatic carboxylic acids is 1. The third kappa shape index (κ3) is 4.35. The third-order valence-electron chi connectivity index (χ3n) is 2.06. The molecular formula is C9H13N3O3S. The summed E-state index contributed by atoms with van der Waals surface area (Å²) in [5, 5.41) is 11.2. The number of nitrogens with zero attached hydrogens (tertiary/aromatic N) is 2. The molecule has 0 saturated heterocycles. The van der Waals surface area contributed by atoms with E-state index >= 15 is 0 Å². The van der Waals surface area contributed by atoms with Crippen molar-refractivity contribution in [3.05, 3.63) is 11.9 Å². The average Bonchev–Trinajstić information content (AvgIpc) is 2.76. The van der Waals surface area contributed by atoms with E-state index in [2.05, 4.69) is 14.1 Å². The number of carbonyl (C=O) groups excluding carboxylic acids is 1. The number of nitrogens with one attached hydrogen (secondary N) is 1. The van der Waals surface area contributed by atoms with Gasteiger partial charge >= 0.3 is 5.97 Å². The predicted octanol–water partition coefficient (Wildman–Crippen LogP) is 0.769. The Morgan fingerprint density at radius 1 is 1.62 bits per heavy atom. The van der Waals surface area contributed by atoms with Crippen LogP contribution in [0.15, 0.2) is 6.20 Å². The fraction of sp³-hybridized carbons (Fsp3) is 0.556. The second-order valence-electron chi connectivity index (χ2n) is 3.54. The van der Waals surface area contributed by atoms with Crippen LogP contribution in [0.25, 0.3) is 0 Å². The summed E-state index contributed by atoms with van der Waals surface area (Å²) in [7, 11) is 0. The van der Waals surface area contributed by atoms with Crippen molar-refractivity contribution in [2.24, 2.45) is 5.92 Å². The first-order chi connectivity index (χ1) is 7.59. The monoisotopic (exact) mass is 243 g/mol. The highest BCUT2D eigenvalue weighted by Gasteiger charge is 2.10. The topological polar surface area (TPSA) is 92.2 Å². The van der Waals surface area contributed by atoms with Crippen LogP contribution < -0.4 is 5.32 Å². The van der Waals surface area contributed by atoms with Crippen molar-refractivity contribution >= 4 is 23.6 Å². The van der Waals surface area contributed by atoms with Gasteiger partial charge in [0, 0.05) is 13.0 Å². The van der Waals surface area contributed by atoms with Crippen LogP contribution in [-0.4, -0.2) is 32.3 Å². The van der Waals surface area contributed by atoms with E-state index in [4.69, 9.17) is 5.11 Å². The molecule has 1 unspecified atom stereocenters. The average molecular weight is 243 g/mol. The van der Waals surface area contributed by atoms with Crippen LogP contribution in [0.5, 0.6) is 0 Å². The van der Waals surface area contributed by atoms with Gasteiger partial charge in [-0.2, -0.15) is 8.75 Å². The number of carboxylic acids is 1. The molecule has 1 heterocycles. The highest BCUT2D eigenvalue weighted by molar-refractivity contribution is 6.99. The van der Waals surface area contributed by atoms with E-state index < -0.39 is 5.97 Å². The predicted molar refractivity (Wildman–Crippen MR) is 58.3 cm³/mol. The molecular weight excluding hydrogens is 230 g/mol. The number of amides is 1. The smallest absolute Gasteiger partial charge is 0.303 e. The largest absolute Gasteiger partial charge is 0.481 e. The van der Waals surface area contributed by atoms with Gasteiger partial charge in [-0.05, 0) is 12.3 Å². The maximum absolute atomic E-state index is 11.4. The van der Waals surface area contributed by atoms with Crippen molar-refractivity contribution in [1.29, 1.82) is 0 Å². The maximum Gasteiger partial charge on any atom is 0.303 e. The maximum atomic E-state index is 11.4. The number of hydrogen-bond acceptors (Lipinski definition) is 5. The lowest BCUT2D eigenvalue weighted by atomic mass is 10.1. The number of rotatable bonds is 6. The zero-order valence-electron chi connectivity index (χ0n) is 8.84. The van der Waals surface area contributed by atoms with Gasteiger partial charge in [-0.15, -0.1) is 0 Å². The number of hydrogen-bond donors (Lipinski definition) is 2. The molecule has 0 aliphatic carbocycles. The van der Waals surface area contributed by atoms with E-state index in [1.807, 2.05) is 6.92 Å². The second-order valence-corrected chi connectivity index (χ2v) is 4.10. The molecule has 0 fully saturated rings. The van der Waals surface area contributed by atoms with Crippen LogP contribution in [0, 0.1) is 5.92 Å². The summed E-state index contributed by atoms with van der Waals surface area (Å²) in [5.41, 5.74) is 0.301. The minimum Gasteiger partial charge on any atom is -0.481 e. The lowest BCUT2D eigenvalue weighted by Crippen LogP contribution is -2.28. The zero-order valence-corrected chi connectivity index (χ0v) is 9.66. The third-order valence-corrected chi connectivity index (χ3v) is 2.53. The second kappa shape index (κ2) is 6.16. The van der Waals surface area contributed by atoms with Crippen molar-refractivity contribution in [2.75, 3.05) is 6.54 Å². The normalized spacial score (nSPS) is 12.1. The Morgan fingerprint density at radius 2 is 2.38 bits per heavy atom. The van der Waals surface area contributed by atoms with Gasteiger partial charge in [0.1, 0.15) is 0 Å². The Morgan fingerprint density at radius 3 is 2.94 bits per heavy atom. The van der Waals surface area contributed by atoms with Gasteiger partial charge in [-0.1, -0.05) is 6.92 Å². The van der Waals surface area contributed by atoms with Crippen LogP contribution in [0.2, 0.25) is 0 Å². The molecule has 0 aliphatic rings. The summed E-state index contributed by atoms with van der Waals surface area (Å²) in [5.74, 6) is -0.954. The molecule has 7 heteroatoms. The molecule has 0 aliphatic heterocycles. The molecule has 1 rings (SSSR count). The van der Waals surface area contributed by atoms with Crippen LogP contribution >= 0.6 is 11.7 Å². The van der Waals surface area contributed by atoms with E-state index in [1.165, 1.54) is 6.20 Å². The standard InChI is InChI=1S/C9H13N3O3S/c1-6(2-3-8(13)14)4-10-9(15)7-5-11-16-12-7/h5-6H,2-4H2,1H3,(H,10,15)(H,13,14). The quantitative estimate of drug-likeness (QED) is 0.769. The molecule has 16 heavy (non-hydrogen) atoms. The van der Waals surface area contributed by atoms with Crippen LogP contribution in [0.3, 0.4) is 0 Å². The van der Waals surface area contributed by atoms with Crippen LogP contribution in [-0.2, 0) is 4.79 Å². The van der Waals surface area contributed by atoms with E-state index in [0.717, 1.165) is 11.7 Å². The summed E-state index contributed by atoms with van der Waals surface area (Å²) in [6, 6.07) is 0. The van der Waals surface area contributed by atoms with Gasteiger partial charge in [-0.25, -0.2) is 0 Å². The molecule has 88 valence electrons. The summed E-state index contributed by atoms with van der Waals surface area (Å²) < 4.78 is 7.51. The van der Waals surface area contributed by atoms with Crippen molar-refractivity contribution in [1.82, 2.24) is 14.1 Å². The summed E-state index contributed by atoms with van der Waals surface area (Å²) in [6.07, 6.45) is 2.07. The Labute approximate surface area is 97.0 Å². The first kappa shape index (κ1) is 12.6. The Bertz CT molecular complexity index is 353. The van der Waals surface area contributed by atoms with Gasteiger partial charge in [0.2, 0.25) is 0 Å². The first-order valence-corrected chi connectivity index (χ1v) is 5.60. The molecule has 1 atom stereocenters. The fourth-order valence-electron chi connectivity index (χ4n) is 1.09. The van der Waals surface area contributed by atoms with Gasteiger partial charge < -0.3 is 10.4 Å². The van der Waals surface area contributed by atoms with Crippen LogP contribution in [0.4, 0.5) is 0 Å². The molecule has 0 bridgehead atoms. The Kier molecular flexibility index (Phi) is 4.84. The summed E-state index contributed by atoms with van der Waals surface area (Å²) in [4.78, 5) is 21.7. The first-order valence-electron chi connectivity index (χ1n) is 4.87. The minimum absolute atomic E-state index is 0.120. The molecule has 1 aromatic rings. The molecule has 0 radical (unpaired) electrons. The summed E-state index contributed by atoms with van der Waals surface area (Å²) >= 11 is 0.978. The molecule has 0 saturated carbocycles. The number of carboxylic acid groups (broad SMARTS) is 1. The van der Waals surface area contributed by atoms with Gasteiger partial charge in [0.05, 0.1) is 17.9 Å². The zero-order chi connectivity index (χ0) is 12.0. The lowest BCUT2D eigenvalue weighted by molar-refractivity contribution is -0.137. The van der Waals surface area contributed by atoms with Crippen molar-refractivity contribution in [3.63, 3.8) is 0 Å². The molecule has 1 aromatic heterocycles. The van der Waals surface area contributed by atoms with E-state index in [1.54, 1.807) is 0 Å². The van der Waals surface area contributed by atoms with E-state index in [9.17, 15) is 9.59 Å². The highest BCUT2D eigenvalue weighted by Crippen LogP contribution is 2.04. The number of aromatic nitrogens is 2. The summed E-state index contributed by atoms with van der Waals surface area (Å²) in [6.45, 7) is 2.34. The Balaban J connectivity index is 2.24. The Hall–Kier alpha value is -1.50. The molecule has 0 aromatic carbocycles. The molecule has 2 N–H and O–H groups in total. The van der Waals surface area contributed by atoms with E-state index in [0.29, 0.717) is 18.7 Å². The van der Waals surface area contributed by atoms with Crippen molar-refractivity contribution in [2.45, 2.75) is 19.8 Å². The molecule has 6 nitrogen and oxygen atoms in total. The van der Waals surface area contributed by atoms with Crippen molar-refractivity contribution in [3.8, 4) is 0 Å². The lowest BCUT2D eigenvalue weighted by Gasteiger charge is -2.10. The van der Waals surface area contributed by atoms with Crippen molar-refractivity contribution < 1.29 is 14.7 Å². The van der Waals surface area contributed by atoms with Gasteiger partial charge in [0.25, 0.3) is 5.91 Å². The number of carbonyl (C=O) groups is 2.